The Morgan fingerprint density at radius 2 is 2.24 bits per heavy atom. The molecule has 0 spiro atoms. The van der Waals surface area contributed by atoms with Gasteiger partial charge in [-0.3, -0.25) is 9.59 Å². The molecule has 1 aliphatic rings. The van der Waals surface area contributed by atoms with Crippen molar-refractivity contribution in [2.45, 2.75) is 50.4 Å². The van der Waals surface area contributed by atoms with E-state index in [1.165, 1.54) is 7.11 Å². The summed E-state index contributed by atoms with van der Waals surface area (Å²) < 4.78 is 12.0. The summed E-state index contributed by atoms with van der Waals surface area (Å²) in [5.74, 6) is -0.259. The predicted molar refractivity (Wildman–Crippen MR) is 87.1 cm³/mol. The standard InChI is InChI=1S/C15H21IO5/c1-10-8-12(21-13(6-7-16)15(10)19)9-11(17)4-3-5-14(18)20-2/h6-7,12-13,15,19H,1,3-5,8-9H2,2H3/b7-6+/t12-,13+,15-/m0/s1. The fourth-order valence-electron chi connectivity index (χ4n) is 2.22. The molecule has 1 fully saturated rings. The number of methoxy groups -OCH3 is 1. The molecule has 1 heterocycles. The maximum absolute atomic E-state index is 11.9. The number of aliphatic hydroxyl groups excluding tert-OH is 1. The van der Waals surface area contributed by atoms with Gasteiger partial charge in [-0.05, 0) is 28.6 Å². The second-order valence-corrected chi connectivity index (χ2v) is 5.74. The van der Waals surface area contributed by atoms with Crippen LogP contribution >= 0.6 is 22.6 Å². The highest BCUT2D eigenvalue weighted by molar-refractivity contribution is 14.1. The second-order valence-electron chi connectivity index (χ2n) is 5.02. The minimum absolute atomic E-state index is 0.0466. The van der Waals surface area contributed by atoms with Crippen LogP contribution < -0.4 is 0 Å². The molecule has 0 unspecified atom stereocenters. The highest BCUT2D eigenvalue weighted by Crippen LogP contribution is 2.27. The van der Waals surface area contributed by atoms with Crippen LogP contribution in [0.5, 0.6) is 0 Å². The van der Waals surface area contributed by atoms with Crippen molar-refractivity contribution in [3.63, 3.8) is 0 Å². The number of Topliss-reactive ketones (excluding diaryl/α,β-unsaturated/α-hetero) is 1. The number of ether oxygens (including phenoxy) is 2. The molecule has 1 N–H and O–H groups in total. The molecule has 0 aromatic rings. The van der Waals surface area contributed by atoms with E-state index < -0.39 is 12.2 Å². The van der Waals surface area contributed by atoms with Crippen molar-refractivity contribution in [1.29, 1.82) is 0 Å². The number of hydrogen-bond acceptors (Lipinski definition) is 5. The van der Waals surface area contributed by atoms with E-state index in [1.807, 2.05) is 0 Å². The van der Waals surface area contributed by atoms with E-state index in [-0.39, 0.29) is 30.7 Å². The smallest absolute Gasteiger partial charge is 0.305 e. The monoisotopic (exact) mass is 408 g/mol. The summed E-state index contributed by atoms with van der Waals surface area (Å²) >= 11 is 2.06. The van der Waals surface area contributed by atoms with E-state index in [1.54, 1.807) is 10.2 Å². The van der Waals surface area contributed by atoms with Gasteiger partial charge in [-0.1, -0.05) is 29.2 Å². The Bertz CT molecular complexity index is 418. The largest absolute Gasteiger partial charge is 0.469 e. The number of esters is 1. The lowest BCUT2D eigenvalue weighted by Gasteiger charge is -2.33. The zero-order valence-electron chi connectivity index (χ0n) is 12.1. The first-order chi connectivity index (χ1) is 9.97. The Balaban J connectivity index is 2.41. The van der Waals surface area contributed by atoms with Crippen LogP contribution in [0.2, 0.25) is 0 Å². The quantitative estimate of drug-likeness (QED) is 0.398. The molecular weight excluding hydrogens is 387 g/mol. The van der Waals surface area contributed by atoms with Gasteiger partial charge in [-0.25, -0.2) is 0 Å². The van der Waals surface area contributed by atoms with E-state index >= 15 is 0 Å². The van der Waals surface area contributed by atoms with Crippen LogP contribution in [0.15, 0.2) is 22.3 Å². The molecule has 1 saturated heterocycles. The van der Waals surface area contributed by atoms with Crippen molar-refractivity contribution in [1.82, 2.24) is 0 Å². The van der Waals surface area contributed by atoms with Crippen molar-refractivity contribution in [3.05, 3.63) is 22.3 Å². The van der Waals surface area contributed by atoms with Crippen LogP contribution in [-0.2, 0) is 19.1 Å². The molecule has 6 heteroatoms. The van der Waals surface area contributed by atoms with Gasteiger partial charge in [0, 0.05) is 19.3 Å². The van der Waals surface area contributed by atoms with E-state index in [0.717, 1.165) is 0 Å². The normalized spacial score (nSPS) is 26.0. The molecule has 0 aromatic carbocycles. The van der Waals surface area contributed by atoms with E-state index in [0.29, 0.717) is 24.8 Å². The highest BCUT2D eigenvalue weighted by atomic mass is 127. The van der Waals surface area contributed by atoms with E-state index in [9.17, 15) is 14.7 Å². The van der Waals surface area contributed by atoms with Gasteiger partial charge >= 0.3 is 5.97 Å². The van der Waals surface area contributed by atoms with Gasteiger partial charge in [-0.2, -0.15) is 0 Å². The molecule has 21 heavy (non-hydrogen) atoms. The number of carbonyl (C=O) groups excluding carboxylic acids is 2. The third-order valence-electron chi connectivity index (χ3n) is 3.35. The minimum atomic E-state index is -0.721. The van der Waals surface area contributed by atoms with Gasteiger partial charge in [0.2, 0.25) is 0 Å². The van der Waals surface area contributed by atoms with E-state index in [2.05, 4.69) is 33.9 Å². The molecule has 0 bridgehead atoms. The molecule has 0 amide bonds. The van der Waals surface area contributed by atoms with Gasteiger partial charge in [0.1, 0.15) is 18.0 Å². The first-order valence-corrected chi connectivity index (χ1v) is 8.09. The average Bonchev–Trinajstić information content (AvgIpc) is 2.44. The molecule has 5 nitrogen and oxygen atoms in total. The summed E-state index contributed by atoms with van der Waals surface area (Å²) in [5, 5.41) is 9.93. The summed E-state index contributed by atoms with van der Waals surface area (Å²) in [4.78, 5) is 22.9. The first kappa shape index (κ1) is 18.3. The number of hydrogen-bond donors (Lipinski definition) is 1. The zero-order valence-corrected chi connectivity index (χ0v) is 14.2. The Labute approximate surface area is 138 Å². The summed E-state index contributed by atoms with van der Waals surface area (Å²) in [7, 11) is 1.33. The fourth-order valence-corrected chi connectivity index (χ4v) is 2.63. The van der Waals surface area contributed by atoms with Crippen LogP contribution in [-0.4, -0.2) is 42.3 Å². The van der Waals surface area contributed by atoms with Gasteiger partial charge in [-0.15, -0.1) is 0 Å². The number of aliphatic hydroxyl groups is 1. The second kappa shape index (κ2) is 9.32. The lowest BCUT2D eigenvalue weighted by atomic mass is 9.93. The maximum Gasteiger partial charge on any atom is 0.305 e. The predicted octanol–water partition coefficient (Wildman–Crippen LogP) is 2.31. The maximum atomic E-state index is 11.9. The van der Waals surface area contributed by atoms with Crippen LogP contribution in [0.4, 0.5) is 0 Å². The topological polar surface area (TPSA) is 72.8 Å². The molecule has 1 rings (SSSR count). The highest BCUT2D eigenvalue weighted by Gasteiger charge is 2.31. The van der Waals surface area contributed by atoms with Gasteiger partial charge in [0.25, 0.3) is 0 Å². The van der Waals surface area contributed by atoms with Gasteiger partial charge in [0.05, 0.1) is 13.2 Å². The molecule has 0 radical (unpaired) electrons. The number of carbonyl (C=O) groups is 2. The van der Waals surface area contributed by atoms with Crippen molar-refractivity contribution in [2.75, 3.05) is 7.11 Å². The molecule has 0 aromatic heterocycles. The van der Waals surface area contributed by atoms with Crippen molar-refractivity contribution in [2.24, 2.45) is 0 Å². The Morgan fingerprint density at radius 1 is 1.52 bits per heavy atom. The molecule has 1 aliphatic heterocycles. The Morgan fingerprint density at radius 3 is 2.86 bits per heavy atom. The van der Waals surface area contributed by atoms with Crippen LogP contribution in [0.1, 0.15) is 32.1 Å². The van der Waals surface area contributed by atoms with Gasteiger partial charge < -0.3 is 14.6 Å². The number of ketones is 1. The third kappa shape index (κ3) is 6.27. The number of halogens is 1. The minimum Gasteiger partial charge on any atom is -0.469 e. The molecular formula is C15H21IO5. The SMILES string of the molecule is C=C1C[C@@H](CC(=O)CCCC(=O)OC)O[C@H](/C=C/I)[C@H]1O. The zero-order chi connectivity index (χ0) is 15.8. The molecule has 3 atom stereocenters. The van der Waals surface area contributed by atoms with E-state index in [4.69, 9.17) is 4.74 Å². The molecule has 0 aliphatic carbocycles. The lowest BCUT2D eigenvalue weighted by molar-refractivity contribution is -0.140. The van der Waals surface area contributed by atoms with Crippen molar-refractivity contribution >= 4 is 34.3 Å². The Kier molecular flexibility index (Phi) is 8.13. The first-order valence-electron chi connectivity index (χ1n) is 6.84. The summed E-state index contributed by atoms with van der Waals surface area (Å²) in [6, 6.07) is 0. The summed E-state index contributed by atoms with van der Waals surface area (Å²) in [6.07, 6.45) is 2.15. The molecule has 0 saturated carbocycles. The van der Waals surface area contributed by atoms with Crippen LogP contribution in [0.25, 0.3) is 0 Å². The summed E-state index contributed by atoms with van der Waals surface area (Å²) in [5.41, 5.74) is 0.688. The van der Waals surface area contributed by atoms with Gasteiger partial charge in [0.15, 0.2) is 0 Å². The average molecular weight is 408 g/mol. The van der Waals surface area contributed by atoms with Crippen molar-refractivity contribution < 1.29 is 24.2 Å². The number of rotatable bonds is 7. The van der Waals surface area contributed by atoms with Crippen LogP contribution in [0.3, 0.4) is 0 Å². The third-order valence-corrected chi connectivity index (χ3v) is 3.77. The molecule has 118 valence electrons. The Hall–Kier alpha value is -0.730. The lowest BCUT2D eigenvalue weighted by Crippen LogP contribution is -2.39. The summed E-state index contributed by atoms with van der Waals surface area (Å²) in [6.45, 7) is 3.84. The van der Waals surface area contributed by atoms with Crippen molar-refractivity contribution in [3.8, 4) is 0 Å². The van der Waals surface area contributed by atoms with Crippen LogP contribution in [0, 0.1) is 0 Å². The fraction of sp³-hybridized carbons (Fsp3) is 0.600.